The molecule has 1 aliphatic rings. The number of non-ortho nitro benzene ring substituents is 1. The summed E-state index contributed by atoms with van der Waals surface area (Å²) in [4.78, 5) is 9.91. The predicted molar refractivity (Wildman–Crippen MR) is 90.6 cm³/mol. The molecule has 2 aromatic carbocycles. The highest BCUT2D eigenvalue weighted by molar-refractivity contribution is 7.89. The zero-order valence-corrected chi connectivity index (χ0v) is 14.0. The molecular formula is C15H14ClN3O4S. The Morgan fingerprint density at radius 3 is 2.71 bits per heavy atom. The molecule has 9 heteroatoms. The average molecular weight is 368 g/mol. The van der Waals surface area contributed by atoms with Gasteiger partial charge in [-0.1, -0.05) is 23.7 Å². The van der Waals surface area contributed by atoms with Crippen LogP contribution in [0.1, 0.15) is 23.6 Å². The predicted octanol–water partition coefficient (Wildman–Crippen LogP) is 3.00. The van der Waals surface area contributed by atoms with Gasteiger partial charge in [0, 0.05) is 17.2 Å². The maximum atomic E-state index is 11.8. The lowest BCUT2D eigenvalue weighted by atomic mass is 10.1. The number of hydrogen-bond acceptors (Lipinski definition) is 5. The molecule has 24 heavy (non-hydrogen) atoms. The minimum atomic E-state index is -4.11. The van der Waals surface area contributed by atoms with E-state index in [-0.39, 0.29) is 22.3 Å². The summed E-state index contributed by atoms with van der Waals surface area (Å²) in [6, 6.07) is 8.99. The Labute approximate surface area is 143 Å². The van der Waals surface area contributed by atoms with Crippen LogP contribution in [0.2, 0.25) is 5.02 Å². The van der Waals surface area contributed by atoms with Gasteiger partial charge in [0.05, 0.1) is 16.7 Å². The van der Waals surface area contributed by atoms with Crippen LogP contribution in [0.5, 0.6) is 0 Å². The van der Waals surface area contributed by atoms with Crippen molar-refractivity contribution in [1.29, 1.82) is 0 Å². The third-order valence-electron chi connectivity index (χ3n) is 4.03. The molecule has 3 rings (SSSR count). The fourth-order valence-electron chi connectivity index (χ4n) is 2.93. The molecule has 0 bridgehead atoms. The van der Waals surface area contributed by atoms with Crippen molar-refractivity contribution in [2.24, 2.45) is 5.14 Å². The SMILES string of the molecule is NS(=O)(=O)c1cc([N+](=O)[O-])ccc1N[C@@H]1CCc2c(Cl)cccc21. The van der Waals surface area contributed by atoms with Crippen LogP contribution in [0.4, 0.5) is 11.4 Å². The number of fused-ring (bicyclic) bond motifs is 1. The maximum absolute atomic E-state index is 11.8. The molecule has 0 spiro atoms. The Bertz CT molecular complexity index is 930. The van der Waals surface area contributed by atoms with Gasteiger partial charge in [0.15, 0.2) is 0 Å². The summed E-state index contributed by atoms with van der Waals surface area (Å²) in [5.41, 5.74) is 1.91. The standard InChI is InChI=1S/C15H14ClN3O4S/c16-12-3-1-2-11-10(12)5-7-13(11)18-14-6-4-9(19(20)21)8-15(14)24(17,22)23/h1-4,6,8,13,18H,5,7H2,(H2,17,22,23)/t13-/m1/s1. The van der Waals surface area contributed by atoms with E-state index in [9.17, 15) is 18.5 Å². The molecule has 7 nitrogen and oxygen atoms in total. The summed E-state index contributed by atoms with van der Waals surface area (Å²) in [7, 11) is -4.11. The Morgan fingerprint density at radius 1 is 1.29 bits per heavy atom. The Kier molecular flexibility index (Phi) is 4.20. The van der Waals surface area contributed by atoms with Crippen molar-refractivity contribution in [2.75, 3.05) is 5.32 Å². The van der Waals surface area contributed by atoms with E-state index < -0.39 is 14.9 Å². The van der Waals surface area contributed by atoms with Gasteiger partial charge in [-0.05, 0) is 36.1 Å². The van der Waals surface area contributed by atoms with E-state index in [1.54, 1.807) is 0 Å². The number of hydrogen-bond donors (Lipinski definition) is 2. The van der Waals surface area contributed by atoms with Crippen LogP contribution >= 0.6 is 11.6 Å². The van der Waals surface area contributed by atoms with Gasteiger partial charge in [-0.3, -0.25) is 10.1 Å². The quantitative estimate of drug-likeness (QED) is 0.636. The smallest absolute Gasteiger partial charge is 0.270 e. The van der Waals surface area contributed by atoms with Crippen LogP contribution in [-0.4, -0.2) is 13.3 Å². The molecule has 0 unspecified atom stereocenters. The number of sulfonamides is 1. The second kappa shape index (κ2) is 6.04. The molecule has 0 heterocycles. The van der Waals surface area contributed by atoms with Crippen molar-refractivity contribution in [3.05, 3.63) is 62.7 Å². The lowest BCUT2D eigenvalue weighted by Gasteiger charge is -2.18. The van der Waals surface area contributed by atoms with Crippen LogP contribution in [0.25, 0.3) is 0 Å². The van der Waals surface area contributed by atoms with Crippen molar-refractivity contribution in [3.63, 3.8) is 0 Å². The summed E-state index contributed by atoms with van der Waals surface area (Å²) >= 11 is 6.18. The van der Waals surface area contributed by atoms with E-state index in [0.29, 0.717) is 5.02 Å². The molecule has 2 aromatic rings. The molecule has 0 radical (unpaired) electrons. The monoisotopic (exact) mass is 367 g/mol. The summed E-state index contributed by atoms with van der Waals surface area (Å²) in [6.07, 6.45) is 1.50. The number of nitrogens with two attached hydrogens (primary N) is 1. The summed E-state index contributed by atoms with van der Waals surface area (Å²) in [5.74, 6) is 0. The topological polar surface area (TPSA) is 115 Å². The first-order valence-electron chi connectivity index (χ1n) is 7.12. The molecular weight excluding hydrogens is 354 g/mol. The zero-order valence-electron chi connectivity index (χ0n) is 12.4. The molecule has 126 valence electrons. The lowest BCUT2D eigenvalue weighted by molar-refractivity contribution is -0.385. The van der Waals surface area contributed by atoms with Crippen LogP contribution in [0, 0.1) is 10.1 Å². The van der Waals surface area contributed by atoms with Gasteiger partial charge in [-0.2, -0.15) is 0 Å². The molecule has 0 amide bonds. The normalized spacial score (nSPS) is 16.7. The number of benzene rings is 2. The van der Waals surface area contributed by atoms with Crippen molar-refractivity contribution in [3.8, 4) is 0 Å². The number of nitro groups is 1. The first kappa shape index (κ1) is 16.7. The van der Waals surface area contributed by atoms with Gasteiger partial charge in [0.2, 0.25) is 10.0 Å². The number of halogens is 1. The molecule has 1 atom stereocenters. The van der Waals surface area contributed by atoms with E-state index in [0.717, 1.165) is 30.0 Å². The van der Waals surface area contributed by atoms with E-state index in [1.807, 2.05) is 18.2 Å². The number of rotatable bonds is 4. The number of nitro benzene ring substituents is 1. The minimum Gasteiger partial charge on any atom is -0.377 e. The van der Waals surface area contributed by atoms with Crippen molar-refractivity contribution >= 4 is 33.0 Å². The van der Waals surface area contributed by atoms with Gasteiger partial charge in [0.1, 0.15) is 4.90 Å². The average Bonchev–Trinajstić information content (AvgIpc) is 2.91. The van der Waals surface area contributed by atoms with Crippen LogP contribution in [0.3, 0.4) is 0 Å². The summed E-state index contributed by atoms with van der Waals surface area (Å²) in [6.45, 7) is 0. The third kappa shape index (κ3) is 3.08. The highest BCUT2D eigenvalue weighted by Gasteiger charge is 2.26. The van der Waals surface area contributed by atoms with Gasteiger partial charge in [0.25, 0.3) is 5.69 Å². The zero-order chi connectivity index (χ0) is 17.5. The van der Waals surface area contributed by atoms with Crippen LogP contribution < -0.4 is 10.5 Å². The fraction of sp³-hybridized carbons (Fsp3) is 0.200. The largest absolute Gasteiger partial charge is 0.377 e. The number of anilines is 1. The second-order valence-corrected chi connectivity index (χ2v) is 7.46. The van der Waals surface area contributed by atoms with Crippen molar-refractivity contribution in [2.45, 2.75) is 23.8 Å². The summed E-state index contributed by atoms with van der Waals surface area (Å²) < 4.78 is 23.6. The lowest BCUT2D eigenvalue weighted by Crippen LogP contribution is -2.17. The number of primary sulfonamides is 1. The second-order valence-electron chi connectivity index (χ2n) is 5.53. The van der Waals surface area contributed by atoms with Gasteiger partial charge in [-0.15, -0.1) is 0 Å². The molecule has 1 aliphatic carbocycles. The van der Waals surface area contributed by atoms with Crippen LogP contribution in [-0.2, 0) is 16.4 Å². The Balaban J connectivity index is 2.00. The van der Waals surface area contributed by atoms with E-state index in [2.05, 4.69) is 5.32 Å². The summed E-state index contributed by atoms with van der Waals surface area (Å²) in [5, 5.41) is 19.9. The molecule has 0 saturated heterocycles. The van der Waals surface area contributed by atoms with Gasteiger partial charge in [-0.25, -0.2) is 13.6 Å². The van der Waals surface area contributed by atoms with Gasteiger partial charge >= 0.3 is 0 Å². The third-order valence-corrected chi connectivity index (χ3v) is 5.33. The van der Waals surface area contributed by atoms with Gasteiger partial charge < -0.3 is 5.32 Å². The van der Waals surface area contributed by atoms with Crippen molar-refractivity contribution in [1.82, 2.24) is 0 Å². The highest BCUT2D eigenvalue weighted by Crippen LogP contribution is 2.38. The van der Waals surface area contributed by atoms with E-state index in [1.165, 1.54) is 12.1 Å². The highest BCUT2D eigenvalue weighted by atomic mass is 35.5. The first-order valence-corrected chi connectivity index (χ1v) is 9.05. The van der Waals surface area contributed by atoms with E-state index >= 15 is 0 Å². The molecule has 0 aliphatic heterocycles. The molecule has 0 fully saturated rings. The van der Waals surface area contributed by atoms with Crippen molar-refractivity contribution < 1.29 is 13.3 Å². The molecule has 3 N–H and O–H groups in total. The Hall–Kier alpha value is -2.16. The maximum Gasteiger partial charge on any atom is 0.270 e. The molecule has 0 saturated carbocycles. The number of nitrogens with zero attached hydrogens (tertiary/aromatic N) is 1. The van der Waals surface area contributed by atoms with E-state index in [4.69, 9.17) is 16.7 Å². The first-order chi connectivity index (χ1) is 11.3. The number of nitrogens with one attached hydrogen (secondary N) is 1. The fourth-order valence-corrected chi connectivity index (χ4v) is 3.92. The Morgan fingerprint density at radius 2 is 2.04 bits per heavy atom. The minimum absolute atomic E-state index is 0.138. The molecule has 0 aromatic heterocycles. The van der Waals surface area contributed by atoms with Crippen LogP contribution in [0.15, 0.2) is 41.3 Å².